The third-order valence-electron chi connectivity index (χ3n) is 10.7. The van der Waals surface area contributed by atoms with Gasteiger partial charge in [0.15, 0.2) is 5.60 Å². The Hall–Kier alpha value is -2.70. The van der Waals surface area contributed by atoms with Gasteiger partial charge >= 0.3 is 5.97 Å². The Morgan fingerprint density at radius 2 is 2.05 bits per heavy atom. The lowest BCUT2D eigenvalue weighted by atomic mass is 9.43. The highest BCUT2D eigenvalue weighted by Crippen LogP contribution is 2.72. The fourth-order valence-electron chi connectivity index (χ4n) is 8.88. The van der Waals surface area contributed by atoms with Crippen molar-refractivity contribution in [3.63, 3.8) is 0 Å². The van der Waals surface area contributed by atoms with E-state index in [4.69, 9.17) is 15.2 Å². The summed E-state index contributed by atoms with van der Waals surface area (Å²) in [6.45, 7) is 4.93. The number of ether oxygens (including phenoxy) is 2. The first-order valence-corrected chi connectivity index (χ1v) is 15.4. The van der Waals surface area contributed by atoms with Crippen molar-refractivity contribution in [3.05, 3.63) is 47.7 Å². The number of methoxy groups -OCH3 is 1. The van der Waals surface area contributed by atoms with E-state index in [-0.39, 0.29) is 12.8 Å². The zero-order valence-corrected chi connectivity index (χ0v) is 25.6. The SMILES string of the molecule is COCC(=O)O[C@]1(C(=O)SCF)[C@H](C)CC2[C@@H]3CCC4=CC(=Nc5ccc(F)nc5)C(=CN)C[C@]4(C)[C@@]3(F)[C@@H](O)C[C@@]21C. The molecule has 5 rings (SSSR count). The number of carbonyl (C=O) groups is 2. The van der Waals surface area contributed by atoms with Crippen molar-refractivity contribution in [2.45, 2.75) is 70.2 Å². The van der Waals surface area contributed by atoms with E-state index >= 15 is 4.39 Å². The molecule has 43 heavy (non-hydrogen) atoms. The molecular weight excluding hydrogens is 583 g/mol. The van der Waals surface area contributed by atoms with Gasteiger partial charge in [0, 0.05) is 29.8 Å². The lowest BCUT2D eigenvalue weighted by Gasteiger charge is -2.63. The fourth-order valence-corrected chi connectivity index (χ4v) is 9.67. The molecule has 8 nitrogen and oxygen atoms in total. The van der Waals surface area contributed by atoms with Crippen LogP contribution < -0.4 is 5.73 Å². The molecule has 4 aliphatic rings. The normalized spacial score (nSPS) is 40.4. The zero-order chi connectivity index (χ0) is 31.4. The number of aromatic nitrogens is 1. The second-order valence-electron chi connectivity index (χ2n) is 12.7. The summed E-state index contributed by atoms with van der Waals surface area (Å²) < 4.78 is 55.8. The van der Waals surface area contributed by atoms with Gasteiger partial charge in [0.25, 0.3) is 0 Å². The number of thioether (sulfide) groups is 1. The predicted octanol–water partition coefficient (Wildman–Crippen LogP) is 5.13. The van der Waals surface area contributed by atoms with Gasteiger partial charge in [0.1, 0.15) is 18.3 Å². The molecule has 1 heterocycles. The lowest BCUT2D eigenvalue weighted by Crippen LogP contribution is -2.70. The maximum Gasteiger partial charge on any atom is 0.333 e. The van der Waals surface area contributed by atoms with Crippen LogP contribution in [0.3, 0.4) is 0 Å². The highest BCUT2D eigenvalue weighted by Gasteiger charge is 2.77. The predicted molar refractivity (Wildman–Crippen MR) is 156 cm³/mol. The molecule has 1 aromatic rings. The number of hydrogen-bond donors (Lipinski definition) is 2. The van der Waals surface area contributed by atoms with Crippen LogP contribution in [0.15, 0.2) is 46.7 Å². The Bertz CT molecular complexity index is 1390. The molecule has 234 valence electrons. The first-order valence-electron chi connectivity index (χ1n) is 14.5. The van der Waals surface area contributed by atoms with Crippen molar-refractivity contribution < 1.29 is 37.3 Å². The van der Waals surface area contributed by atoms with Crippen LogP contribution in [0, 0.1) is 34.5 Å². The van der Waals surface area contributed by atoms with Gasteiger partial charge in [0.05, 0.1) is 23.7 Å². The van der Waals surface area contributed by atoms with E-state index in [0.29, 0.717) is 48.0 Å². The van der Waals surface area contributed by atoms with Crippen LogP contribution in [-0.4, -0.2) is 64.0 Å². The Morgan fingerprint density at radius 3 is 2.67 bits per heavy atom. The molecule has 1 aromatic heterocycles. The molecule has 0 spiro atoms. The summed E-state index contributed by atoms with van der Waals surface area (Å²) in [5, 5.41) is 11.2. The van der Waals surface area contributed by atoms with E-state index in [1.807, 2.05) is 0 Å². The topological polar surface area (TPSA) is 124 Å². The van der Waals surface area contributed by atoms with Crippen LogP contribution in [0.1, 0.15) is 52.9 Å². The van der Waals surface area contributed by atoms with Crippen LogP contribution in [0.4, 0.5) is 18.9 Å². The number of alkyl halides is 2. The number of pyridine rings is 1. The number of carbonyl (C=O) groups excluding carboxylic acids is 2. The van der Waals surface area contributed by atoms with E-state index in [1.165, 1.54) is 31.6 Å². The van der Waals surface area contributed by atoms with Gasteiger partial charge in [-0.3, -0.25) is 4.79 Å². The Labute approximate surface area is 253 Å². The number of halogens is 3. The number of esters is 1. The zero-order valence-electron chi connectivity index (χ0n) is 24.7. The van der Waals surface area contributed by atoms with E-state index in [1.54, 1.807) is 26.8 Å². The lowest BCUT2D eigenvalue weighted by molar-refractivity contribution is -0.231. The second kappa shape index (κ2) is 11.3. The molecule has 0 saturated heterocycles. The van der Waals surface area contributed by atoms with Gasteiger partial charge in [-0.05, 0) is 79.8 Å². The third kappa shape index (κ3) is 4.58. The molecule has 4 aliphatic carbocycles. The average Bonchev–Trinajstić information content (AvgIpc) is 3.17. The van der Waals surface area contributed by atoms with Gasteiger partial charge in [-0.25, -0.2) is 23.6 Å². The number of aliphatic hydroxyl groups excluding tert-OH is 1. The van der Waals surface area contributed by atoms with Crippen molar-refractivity contribution >= 4 is 34.2 Å². The fraction of sp³-hybridized carbons (Fsp3) is 0.613. The van der Waals surface area contributed by atoms with E-state index in [2.05, 4.69) is 9.98 Å². The molecular formula is C31H38F3N3O5S. The molecule has 1 unspecified atom stereocenters. The summed E-state index contributed by atoms with van der Waals surface area (Å²) in [5.41, 5.74) is 2.14. The van der Waals surface area contributed by atoms with E-state index in [9.17, 15) is 23.5 Å². The summed E-state index contributed by atoms with van der Waals surface area (Å²) >= 11 is 0.430. The minimum absolute atomic E-state index is 0.163. The summed E-state index contributed by atoms with van der Waals surface area (Å²) in [6, 6.07) is 1.69. The van der Waals surface area contributed by atoms with Crippen LogP contribution in [0.5, 0.6) is 0 Å². The molecule has 0 radical (unpaired) electrons. The number of aliphatic imine (C=N–C) groups is 1. The molecule has 3 saturated carbocycles. The van der Waals surface area contributed by atoms with Gasteiger partial charge in [-0.1, -0.05) is 26.3 Å². The molecule has 8 atom stereocenters. The second-order valence-corrected chi connectivity index (χ2v) is 13.6. The van der Waals surface area contributed by atoms with Crippen molar-refractivity contribution in [1.82, 2.24) is 4.98 Å². The van der Waals surface area contributed by atoms with Crippen LogP contribution >= 0.6 is 11.8 Å². The number of allylic oxidation sites excluding steroid dienone is 3. The maximum atomic E-state index is 18.0. The number of rotatable bonds is 6. The minimum Gasteiger partial charge on any atom is -0.447 e. The van der Waals surface area contributed by atoms with Crippen molar-refractivity contribution in [2.75, 3.05) is 19.7 Å². The molecule has 3 fully saturated rings. The number of fused-ring (bicyclic) bond motifs is 5. The number of nitrogens with zero attached hydrogens (tertiary/aromatic N) is 2. The van der Waals surface area contributed by atoms with Crippen molar-refractivity contribution in [2.24, 2.45) is 39.3 Å². The highest BCUT2D eigenvalue weighted by molar-refractivity contribution is 8.13. The molecule has 0 bridgehead atoms. The van der Waals surface area contributed by atoms with Gasteiger partial charge < -0.3 is 20.3 Å². The Morgan fingerprint density at radius 1 is 1.30 bits per heavy atom. The monoisotopic (exact) mass is 621 g/mol. The van der Waals surface area contributed by atoms with E-state index < -0.39 is 75.6 Å². The van der Waals surface area contributed by atoms with Gasteiger partial charge in [0.2, 0.25) is 11.1 Å². The summed E-state index contributed by atoms with van der Waals surface area (Å²) in [6.07, 6.45) is 4.20. The number of hydrogen-bond acceptors (Lipinski definition) is 9. The van der Waals surface area contributed by atoms with Gasteiger partial charge in [-0.2, -0.15) is 4.39 Å². The first-order chi connectivity index (χ1) is 20.3. The number of nitrogens with two attached hydrogens (primary N) is 1. The smallest absolute Gasteiger partial charge is 0.333 e. The maximum absolute atomic E-state index is 18.0. The standard InChI is InChI=1S/C31H38F3N3O5S/c1-17-9-22-21-7-5-19-10-23(37-20-6-8-25(33)36-14-20)18(13-35)11-28(19,2)30(21,34)24(38)12-29(22,3)31(17,27(40)43-16-32)42-26(39)15-41-4/h6,8,10,13-14,17,21-22,24,38H,5,7,9,11-12,15-16,35H2,1-4H3/t17-,21+,22?,24+,28+,29+,30+,31+/m1/s1. The quantitative estimate of drug-likeness (QED) is 0.331. The molecule has 12 heteroatoms. The summed E-state index contributed by atoms with van der Waals surface area (Å²) in [5.74, 6) is -3.09. The molecule has 0 aliphatic heterocycles. The van der Waals surface area contributed by atoms with Crippen molar-refractivity contribution in [3.8, 4) is 0 Å². The largest absolute Gasteiger partial charge is 0.447 e. The third-order valence-corrected chi connectivity index (χ3v) is 11.4. The Balaban J connectivity index is 1.58. The minimum atomic E-state index is -2.11. The molecule has 3 N–H and O–H groups in total. The van der Waals surface area contributed by atoms with Gasteiger partial charge in [-0.15, -0.1) is 0 Å². The van der Waals surface area contributed by atoms with Crippen LogP contribution in [-0.2, 0) is 19.1 Å². The Kier molecular flexibility index (Phi) is 8.36. The van der Waals surface area contributed by atoms with Crippen LogP contribution in [0.25, 0.3) is 0 Å². The highest BCUT2D eigenvalue weighted by atomic mass is 32.2. The van der Waals surface area contributed by atoms with E-state index in [0.717, 1.165) is 5.57 Å². The summed E-state index contributed by atoms with van der Waals surface area (Å²) in [4.78, 5) is 34.7. The summed E-state index contributed by atoms with van der Waals surface area (Å²) in [7, 11) is 1.32. The molecule has 0 amide bonds. The van der Waals surface area contributed by atoms with Crippen molar-refractivity contribution in [1.29, 1.82) is 0 Å². The first kappa shape index (κ1) is 31.7. The average molecular weight is 622 g/mol. The molecule has 0 aromatic carbocycles. The number of aliphatic hydroxyl groups is 1. The van der Waals surface area contributed by atoms with Crippen LogP contribution in [0.2, 0.25) is 0 Å².